The lowest BCUT2D eigenvalue weighted by Crippen LogP contribution is -2.35. The van der Waals surface area contributed by atoms with Crippen molar-refractivity contribution in [3.8, 4) is 34.8 Å². The Morgan fingerprint density at radius 3 is 2.25 bits per heavy atom. The minimum absolute atomic E-state index is 0.0481. The smallest absolute Gasteiger partial charge is 0.417 e. The van der Waals surface area contributed by atoms with E-state index in [-0.39, 0.29) is 66.0 Å². The third-order valence-corrected chi connectivity index (χ3v) is 11.6. The molecule has 3 aromatic rings. The maximum absolute atomic E-state index is 13.4. The summed E-state index contributed by atoms with van der Waals surface area (Å²) in [6, 6.07) is 9.68. The molecule has 2 aliphatic carbocycles. The van der Waals surface area contributed by atoms with Crippen molar-refractivity contribution in [3.05, 3.63) is 105 Å². The van der Waals surface area contributed by atoms with Crippen LogP contribution in [0.1, 0.15) is 39.5 Å². The average Bonchev–Trinajstić information content (AvgIpc) is 3.61. The molecule has 0 aliphatic heterocycles. The molecule has 0 aromatic heterocycles. The zero-order valence-electron chi connectivity index (χ0n) is 30.7. The number of aromatic hydroxyl groups is 2. The number of fused-ring (bicyclic) bond motifs is 1. The quantitative estimate of drug-likeness (QED) is 0.0580. The van der Waals surface area contributed by atoms with Crippen LogP contribution in [-0.2, 0) is 32.0 Å². The van der Waals surface area contributed by atoms with Gasteiger partial charge >= 0.3 is 13.8 Å². The molecule has 59 heavy (non-hydrogen) atoms. The monoisotopic (exact) mass is 864 g/mol. The third-order valence-electron chi connectivity index (χ3n) is 8.84. The van der Waals surface area contributed by atoms with Crippen molar-refractivity contribution >= 4 is 35.5 Å². The Bertz CT molecular complexity index is 2450. The number of sulfonamides is 1. The van der Waals surface area contributed by atoms with E-state index < -0.39 is 82.3 Å². The Morgan fingerprint density at radius 2 is 1.61 bits per heavy atom. The summed E-state index contributed by atoms with van der Waals surface area (Å²) in [4.78, 5) is 35.3. The number of hydrogen-bond acceptors (Lipinski definition) is 13. The molecule has 0 heterocycles. The SMILES string of the molecule is CC1C(C(=O)NCCOc2cc3c(cc2OCCNC(=O)c2ccc(O)c(O)c2)CC(S(=O)(=O)NCP(=O)(O)Oc2ccc(C#N)c(C(F)(F)F)c2)=C3)=CC=C(O)C1O. The fraction of sp³-hybridized carbons (Fsp3) is 0.270. The van der Waals surface area contributed by atoms with Crippen LogP contribution >= 0.6 is 7.60 Å². The van der Waals surface area contributed by atoms with Gasteiger partial charge in [-0.3, -0.25) is 9.59 Å². The number of carbonyl (C=O) groups is 2. The number of phenols is 2. The standard InChI is InChI=1S/C37H36F3N4O13PS/c1-20-27(5-7-30(46)34(20)48)36(50)43-9-11-56-33-16-24-13-26(12-23(24)15-32(33)55-10-8-42-35(49)21-3-6-29(45)31(47)14-21)59(53,54)44-19-58(51,52)57-25-4-2-22(18-41)28(17-25)37(38,39)40/h2-7,13-17,20,34,44-48H,8-12,19H2,1H3,(H,42,49)(H,43,50)(H,51,52). The number of halogens is 3. The van der Waals surface area contributed by atoms with Crippen molar-refractivity contribution in [2.24, 2.45) is 5.92 Å². The van der Waals surface area contributed by atoms with Crippen LogP contribution in [0.2, 0.25) is 0 Å². The number of hydrogen-bond donors (Lipinski definition) is 8. The van der Waals surface area contributed by atoms with E-state index in [0.717, 1.165) is 24.3 Å². The number of nitrogens with zero attached hydrogens (tertiary/aromatic N) is 1. The Morgan fingerprint density at radius 1 is 0.949 bits per heavy atom. The average molecular weight is 865 g/mol. The van der Waals surface area contributed by atoms with Crippen LogP contribution in [0.25, 0.3) is 6.08 Å². The van der Waals surface area contributed by atoms with E-state index in [1.807, 2.05) is 4.72 Å². The summed E-state index contributed by atoms with van der Waals surface area (Å²) >= 11 is 0. The minimum atomic E-state index is -4.99. The predicted octanol–water partition coefficient (Wildman–Crippen LogP) is 3.71. The molecule has 17 nitrogen and oxygen atoms in total. The number of phenolic OH excluding ortho intramolecular Hbond substituents is 2. The molecule has 22 heteroatoms. The molecule has 3 aromatic carbocycles. The Labute approximate surface area is 334 Å². The number of ether oxygens (including phenoxy) is 2. The van der Waals surface area contributed by atoms with Gasteiger partial charge < -0.3 is 50.0 Å². The first kappa shape index (κ1) is 44.1. The van der Waals surface area contributed by atoms with Gasteiger partial charge in [0.05, 0.1) is 35.2 Å². The van der Waals surface area contributed by atoms with Crippen molar-refractivity contribution in [1.82, 2.24) is 15.4 Å². The van der Waals surface area contributed by atoms with Crippen LogP contribution in [0.5, 0.6) is 28.7 Å². The first-order valence-corrected chi connectivity index (χ1v) is 20.6. The molecular weight excluding hydrogens is 828 g/mol. The number of amides is 2. The Kier molecular flexibility index (Phi) is 13.3. The van der Waals surface area contributed by atoms with Gasteiger partial charge in [-0.15, -0.1) is 0 Å². The second-order valence-corrected chi connectivity index (χ2v) is 16.6. The number of rotatable bonds is 16. The second kappa shape index (κ2) is 17.8. The number of nitriles is 1. The van der Waals surface area contributed by atoms with E-state index in [4.69, 9.17) is 19.3 Å². The topological polar surface area (TPSA) is 274 Å². The van der Waals surface area contributed by atoms with E-state index in [1.54, 1.807) is 6.92 Å². The Balaban J connectivity index is 1.26. The van der Waals surface area contributed by atoms with Crippen molar-refractivity contribution in [3.63, 3.8) is 0 Å². The number of aliphatic hydroxyl groups is 2. The van der Waals surface area contributed by atoms with Crippen LogP contribution in [0.3, 0.4) is 0 Å². The maximum atomic E-state index is 13.4. The van der Waals surface area contributed by atoms with Crippen LogP contribution in [0.15, 0.2) is 76.9 Å². The predicted molar refractivity (Wildman–Crippen MR) is 202 cm³/mol. The van der Waals surface area contributed by atoms with Gasteiger partial charge in [0, 0.05) is 23.5 Å². The highest BCUT2D eigenvalue weighted by Crippen LogP contribution is 2.44. The lowest BCUT2D eigenvalue weighted by molar-refractivity contribution is -0.137. The highest BCUT2D eigenvalue weighted by molar-refractivity contribution is 7.93. The third kappa shape index (κ3) is 10.9. The highest BCUT2D eigenvalue weighted by atomic mass is 32.2. The molecule has 0 saturated carbocycles. The van der Waals surface area contributed by atoms with Crippen LogP contribution in [0, 0.1) is 17.2 Å². The molecule has 0 bridgehead atoms. The normalized spacial score (nSPS) is 17.3. The first-order chi connectivity index (χ1) is 27.7. The fourth-order valence-corrected chi connectivity index (χ4v) is 8.39. The summed E-state index contributed by atoms with van der Waals surface area (Å²) in [5.74, 6) is -3.59. The second-order valence-electron chi connectivity index (χ2n) is 13.0. The van der Waals surface area contributed by atoms with Crippen molar-refractivity contribution in [1.29, 1.82) is 5.26 Å². The van der Waals surface area contributed by atoms with E-state index in [9.17, 15) is 61.1 Å². The largest absolute Gasteiger partial charge is 0.510 e. The summed E-state index contributed by atoms with van der Waals surface area (Å²) in [6.07, 6.45) is -3.90. The molecule has 0 spiro atoms. The summed E-state index contributed by atoms with van der Waals surface area (Å²) in [7, 11) is -9.46. The number of carbonyl (C=O) groups excluding carboxylic acids is 2. The van der Waals surface area contributed by atoms with Gasteiger partial charge in [0.15, 0.2) is 23.0 Å². The molecule has 2 aliphatic rings. The van der Waals surface area contributed by atoms with Crippen LogP contribution in [-0.4, -0.2) is 84.2 Å². The van der Waals surface area contributed by atoms with E-state index >= 15 is 0 Å². The molecule has 3 atom stereocenters. The zero-order valence-corrected chi connectivity index (χ0v) is 32.4. The van der Waals surface area contributed by atoms with Crippen molar-refractivity contribution in [2.75, 3.05) is 32.6 Å². The number of nitrogens with one attached hydrogen (secondary N) is 3. The molecule has 8 N–H and O–H groups in total. The molecule has 314 valence electrons. The highest BCUT2D eigenvalue weighted by Gasteiger charge is 2.36. The number of aliphatic hydroxyl groups excluding tert-OH is 2. The lowest BCUT2D eigenvalue weighted by atomic mass is 9.89. The van der Waals surface area contributed by atoms with Gasteiger partial charge in [0.2, 0.25) is 15.9 Å². The van der Waals surface area contributed by atoms with E-state index in [0.29, 0.717) is 17.2 Å². The maximum Gasteiger partial charge on any atom is 0.417 e. The van der Waals surface area contributed by atoms with Gasteiger partial charge in [0.25, 0.3) is 5.91 Å². The first-order valence-electron chi connectivity index (χ1n) is 17.3. The van der Waals surface area contributed by atoms with Gasteiger partial charge in [-0.2, -0.15) is 23.2 Å². The fourth-order valence-electron chi connectivity index (χ4n) is 5.74. The summed E-state index contributed by atoms with van der Waals surface area (Å²) in [5, 5.41) is 53.2. The van der Waals surface area contributed by atoms with Crippen molar-refractivity contribution in [2.45, 2.75) is 25.6 Å². The number of alkyl halides is 3. The van der Waals surface area contributed by atoms with Gasteiger partial charge in [0.1, 0.15) is 37.1 Å². The zero-order chi connectivity index (χ0) is 43.3. The van der Waals surface area contributed by atoms with E-state index in [2.05, 4.69) is 10.6 Å². The van der Waals surface area contributed by atoms with Crippen molar-refractivity contribution < 1.29 is 75.1 Å². The molecule has 0 saturated heterocycles. The summed E-state index contributed by atoms with van der Waals surface area (Å²) < 4.78 is 97.9. The molecule has 0 radical (unpaired) electrons. The van der Waals surface area contributed by atoms with Crippen LogP contribution < -0.4 is 29.4 Å². The van der Waals surface area contributed by atoms with Gasteiger partial charge in [-0.25, -0.2) is 13.0 Å². The molecule has 2 amide bonds. The molecular formula is C37H36F3N4O13PS. The molecule has 3 unspecified atom stereocenters. The molecule has 5 rings (SSSR count). The molecule has 0 fully saturated rings. The number of allylic oxidation sites excluding steroid dienone is 3. The Hall–Kier alpha value is -6.04. The number of benzene rings is 3. The lowest BCUT2D eigenvalue weighted by Gasteiger charge is -2.24. The minimum Gasteiger partial charge on any atom is -0.510 e. The van der Waals surface area contributed by atoms with Gasteiger partial charge in [-0.1, -0.05) is 6.92 Å². The van der Waals surface area contributed by atoms with E-state index in [1.165, 1.54) is 42.5 Å². The van der Waals surface area contributed by atoms with Gasteiger partial charge in [-0.05, 0) is 77.9 Å². The summed E-state index contributed by atoms with van der Waals surface area (Å²) in [5.41, 5.74) is -1.19. The summed E-state index contributed by atoms with van der Waals surface area (Å²) in [6.45, 7) is 1.15. The van der Waals surface area contributed by atoms with Crippen LogP contribution in [0.4, 0.5) is 13.2 Å².